The second-order valence-electron chi connectivity index (χ2n) is 8.77. The van der Waals surface area contributed by atoms with E-state index < -0.39 is 23.7 Å². The molecule has 0 aromatic heterocycles. The maximum atomic E-state index is 14.8. The molecule has 1 heterocycles. The topological polar surface area (TPSA) is 49.6 Å². The van der Waals surface area contributed by atoms with Crippen LogP contribution in [0.4, 0.5) is 28.0 Å². The van der Waals surface area contributed by atoms with Crippen LogP contribution in [-0.2, 0) is 6.42 Å². The molecule has 2 amide bonds. The van der Waals surface area contributed by atoms with Crippen molar-refractivity contribution in [3.63, 3.8) is 0 Å². The fourth-order valence-electron chi connectivity index (χ4n) is 4.03. The SMILES string of the molecule is C=C(C)CCCC(=C)C1(Cc2cc(N3C(=C)C=C(C(F)(F)F)N(N)C3=O)c(F)cc2Cl)CC1. The maximum absolute atomic E-state index is 14.8. The van der Waals surface area contributed by atoms with E-state index in [4.69, 9.17) is 17.4 Å². The van der Waals surface area contributed by atoms with Crippen molar-refractivity contribution >= 4 is 23.3 Å². The predicted molar refractivity (Wildman–Crippen MR) is 122 cm³/mol. The van der Waals surface area contributed by atoms with E-state index in [1.54, 1.807) is 0 Å². The van der Waals surface area contributed by atoms with Crippen LogP contribution in [-0.4, -0.2) is 17.2 Å². The molecule has 0 radical (unpaired) electrons. The number of benzene rings is 1. The van der Waals surface area contributed by atoms with E-state index in [2.05, 4.69) is 19.7 Å². The molecular formula is C24H26ClF4N3O. The van der Waals surface area contributed by atoms with E-state index >= 15 is 0 Å². The number of halogens is 5. The van der Waals surface area contributed by atoms with E-state index in [-0.39, 0.29) is 26.8 Å². The lowest BCUT2D eigenvalue weighted by atomic mass is 9.86. The number of carbonyl (C=O) groups excluding carboxylic acids is 1. The van der Waals surface area contributed by atoms with Gasteiger partial charge >= 0.3 is 12.2 Å². The average Bonchev–Trinajstić information content (AvgIpc) is 3.47. The number of nitrogens with zero attached hydrogens (tertiary/aromatic N) is 2. The predicted octanol–water partition coefficient (Wildman–Crippen LogP) is 7.18. The molecule has 2 aliphatic rings. The largest absolute Gasteiger partial charge is 0.433 e. The highest BCUT2D eigenvalue weighted by atomic mass is 35.5. The van der Waals surface area contributed by atoms with Crippen molar-refractivity contribution in [2.75, 3.05) is 4.90 Å². The molecule has 3 rings (SSSR count). The smallest absolute Gasteiger partial charge is 0.259 e. The molecule has 33 heavy (non-hydrogen) atoms. The zero-order valence-corrected chi connectivity index (χ0v) is 19.1. The monoisotopic (exact) mass is 483 g/mol. The van der Waals surface area contributed by atoms with Crippen LogP contribution in [0.2, 0.25) is 5.02 Å². The first-order valence-electron chi connectivity index (χ1n) is 10.4. The zero-order chi connectivity index (χ0) is 24.7. The minimum absolute atomic E-state index is 0.0613. The van der Waals surface area contributed by atoms with Crippen LogP contribution < -0.4 is 10.7 Å². The van der Waals surface area contributed by atoms with Gasteiger partial charge in [-0.25, -0.2) is 20.0 Å². The summed E-state index contributed by atoms with van der Waals surface area (Å²) in [5.74, 6) is 4.51. The summed E-state index contributed by atoms with van der Waals surface area (Å²) < 4.78 is 54.3. The quantitative estimate of drug-likeness (QED) is 0.184. The summed E-state index contributed by atoms with van der Waals surface area (Å²) in [6.45, 7) is 13.6. The summed E-state index contributed by atoms with van der Waals surface area (Å²) in [5.41, 5.74) is 0.581. The number of hydrazine groups is 1. The molecule has 0 unspecified atom stereocenters. The lowest BCUT2D eigenvalue weighted by Crippen LogP contribution is -2.52. The van der Waals surface area contributed by atoms with Gasteiger partial charge in [-0.05, 0) is 74.6 Å². The lowest BCUT2D eigenvalue weighted by molar-refractivity contribution is -0.108. The summed E-state index contributed by atoms with van der Waals surface area (Å²) in [5, 5.41) is 0.109. The van der Waals surface area contributed by atoms with Gasteiger partial charge in [0, 0.05) is 10.7 Å². The molecule has 1 aliphatic carbocycles. The summed E-state index contributed by atoms with van der Waals surface area (Å²) >= 11 is 6.31. The Morgan fingerprint density at radius 2 is 1.88 bits per heavy atom. The molecule has 1 aromatic carbocycles. The standard InChI is InChI=1S/C24H26ClF4N3O/c1-14(2)6-5-7-15(3)23(8-9-23)13-17-11-20(19(26)12-18(17)25)31-16(4)10-21(24(27,28)29)32(30)22(31)33/h10-12H,1,3-9,13,30H2,2H3. The molecule has 1 fully saturated rings. The van der Waals surface area contributed by atoms with Gasteiger partial charge in [-0.3, -0.25) is 4.90 Å². The van der Waals surface area contributed by atoms with E-state index in [0.717, 1.165) is 49.3 Å². The summed E-state index contributed by atoms with van der Waals surface area (Å²) in [4.78, 5) is 13.3. The second-order valence-corrected chi connectivity index (χ2v) is 9.18. The Morgan fingerprint density at radius 1 is 1.24 bits per heavy atom. The fourth-order valence-corrected chi connectivity index (χ4v) is 4.25. The molecular weight excluding hydrogens is 458 g/mol. The number of rotatable bonds is 8. The van der Waals surface area contributed by atoms with Gasteiger partial charge < -0.3 is 0 Å². The van der Waals surface area contributed by atoms with Crippen LogP contribution in [0.15, 0.2) is 60.5 Å². The molecule has 0 atom stereocenters. The second kappa shape index (κ2) is 8.99. The van der Waals surface area contributed by atoms with Crippen molar-refractivity contribution < 1.29 is 22.4 Å². The first-order valence-corrected chi connectivity index (χ1v) is 10.8. The molecule has 4 nitrogen and oxygen atoms in total. The number of alkyl halides is 3. The van der Waals surface area contributed by atoms with Crippen LogP contribution in [0.5, 0.6) is 0 Å². The Kier molecular flexibility index (Phi) is 6.82. The molecule has 2 N–H and O–H groups in total. The van der Waals surface area contributed by atoms with Crippen molar-refractivity contribution in [3.05, 3.63) is 76.9 Å². The Morgan fingerprint density at radius 3 is 2.42 bits per heavy atom. The third-order valence-electron chi connectivity index (χ3n) is 6.11. The Balaban J connectivity index is 1.89. The number of allylic oxidation sites excluding steroid dienone is 4. The van der Waals surface area contributed by atoms with E-state index in [1.165, 1.54) is 6.07 Å². The first kappa shape index (κ1) is 25.1. The van der Waals surface area contributed by atoms with Crippen LogP contribution in [0.25, 0.3) is 0 Å². The highest BCUT2D eigenvalue weighted by Gasteiger charge is 2.46. The highest BCUT2D eigenvalue weighted by molar-refractivity contribution is 6.31. The molecule has 0 spiro atoms. The third-order valence-corrected chi connectivity index (χ3v) is 6.46. The van der Waals surface area contributed by atoms with Crippen molar-refractivity contribution in [2.45, 2.75) is 51.6 Å². The van der Waals surface area contributed by atoms with Crippen molar-refractivity contribution in [1.29, 1.82) is 0 Å². The Hall–Kier alpha value is -2.58. The van der Waals surface area contributed by atoms with Gasteiger partial charge in [0.05, 0.1) is 5.69 Å². The number of hydrogen-bond donors (Lipinski definition) is 1. The van der Waals surface area contributed by atoms with Crippen molar-refractivity contribution in [1.82, 2.24) is 5.01 Å². The van der Waals surface area contributed by atoms with Crippen LogP contribution in [0.1, 0.15) is 44.6 Å². The summed E-state index contributed by atoms with van der Waals surface area (Å²) in [6, 6.07) is 1.16. The number of anilines is 1. The number of amides is 2. The van der Waals surface area contributed by atoms with Gasteiger partial charge in [-0.2, -0.15) is 13.2 Å². The van der Waals surface area contributed by atoms with Gasteiger partial charge in [0.25, 0.3) is 0 Å². The normalized spacial score (nSPS) is 17.8. The molecule has 1 saturated carbocycles. The Labute approximate surface area is 195 Å². The van der Waals surface area contributed by atoms with E-state index in [1.807, 2.05) is 6.92 Å². The lowest BCUT2D eigenvalue weighted by Gasteiger charge is -2.35. The number of nitrogens with two attached hydrogens (primary N) is 1. The first-order chi connectivity index (χ1) is 15.3. The van der Waals surface area contributed by atoms with Crippen molar-refractivity contribution in [2.24, 2.45) is 11.3 Å². The minimum atomic E-state index is -4.87. The molecule has 9 heteroatoms. The molecule has 0 saturated heterocycles. The summed E-state index contributed by atoms with van der Waals surface area (Å²) in [6.07, 6.45) is 0.687. The number of carbonyl (C=O) groups is 1. The molecule has 1 aromatic rings. The van der Waals surface area contributed by atoms with Gasteiger partial charge in [-0.15, -0.1) is 6.58 Å². The Bertz CT molecular complexity index is 1060. The number of hydrogen-bond acceptors (Lipinski definition) is 2. The maximum Gasteiger partial charge on any atom is 0.433 e. The van der Waals surface area contributed by atoms with Gasteiger partial charge in [0.15, 0.2) is 0 Å². The van der Waals surface area contributed by atoms with Gasteiger partial charge in [0.1, 0.15) is 11.5 Å². The molecule has 0 bridgehead atoms. The van der Waals surface area contributed by atoms with Crippen LogP contribution >= 0.6 is 11.6 Å². The third kappa shape index (κ3) is 5.17. The molecule has 178 valence electrons. The fraction of sp³-hybridized carbons (Fsp3) is 0.375. The van der Waals surface area contributed by atoms with E-state index in [9.17, 15) is 22.4 Å². The van der Waals surface area contributed by atoms with Gasteiger partial charge in [0.2, 0.25) is 0 Å². The van der Waals surface area contributed by atoms with Crippen LogP contribution in [0.3, 0.4) is 0 Å². The van der Waals surface area contributed by atoms with E-state index in [0.29, 0.717) is 23.0 Å². The average molecular weight is 484 g/mol. The van der Waals surface area contributed by atoms with Crippen molar-refractivity contribution in [3.8, 4) is 0 Å². The van der Waals surface area contributed by atoms with Gasteiger partial charge in [-0.1, -0.05) is 35.9 Å². The summed E-state index contributed by atoms with van der Waals surface area (Å²) in [7, 11) is 0. The zero-order valence-electron chi connectivity index (χ0n) is 18.4. The van der Waals surface area contributed by atoms with Crippen LogP contribution in [0, 0.1) is 11.2 Å². The highest BCUT2D eigenvalue weighted by Crippen LogP contribution is 2.56. The minimum Gasteiger partial charge on any atom is -0.259 e. The molecule has 1 aliphatic heterocycles. The number of urea groups is 1.